The van der Waals surface area contributed by atoms with Crippen molar-refractivity contribution in [3.8, 4) is 0 Å². The molecule has 32 heavy (non-hydrogen) atoms. The minimum Gasteiger partial charge on any atom is -1.00 e. The van der Waals surface area contributed by atoms with Crippen LogP contribution in [-0.2, 0) is 13.6 Å². The van der Waals surface area contributed by atoms with Gasteiger partial charge in [0.2, 0.25) is 0 Å². The number of hydrogen-bond donors (Lipinski definition) is 0. The van der Waals surface area contributed by atoms with Gasteiger partial charge in [0, 0.05) is 0 Å². The molecular weight excluding hydrogens is 572 g/mol. The molecule has 0 saturated heterocycles. The summed E-state index contributed by atoms with van der Waals surface area (Å²) in [5, 5.41) is 2.70. The van der Waals surface area contributed by atoms with E-state index in [-0.39, 0.29) is 24.0 Å². The molecule has 0 aliphatic heterocycles. The first kappa shape index (κ1) is 23.2. The standard InChI is InChI=1S/C27H28N3Se.HI/c1-28(2)17-8-18-30-23-10-5-4-9-21(23)22-19-20(13-15-24(22)30)14-16-27-29(3)25-11-6-7-12-26(25)31-27;/h4-7,9-16,19H,8,17-18H2,1-3H3;1H/q+1;/p-1. The first-order valence-corrected chi connectivity index (χ1v) is 12.5. The van der Waals surface area contributed by atoms with E-state index in [0.717, 1.165) is 19.5 Å². The Hall–Kier alpha value is -1.92. The molecule has 164 valence electrons. The molecule has 0 radical (unpaired) electrons. The topological polar surface area (TPSA) is 12.1 Å². The number of halogens is 1. The molecule has 2 heterocycles. The Bertz CT molecular complexity index is 1410. The summed E-state index contributed by atoms with van der Waals surface area (Å²) in [5.41, 5.74) is 5.27. The summed E-state index contributed by atoms with van der Waals surface area (Å²) in [7, 11) is 6.46. The van der Waals surface area contributed by atoms with E-state index in [1.807, 2.05) is 0 Å². The number of hydrogen-bond acceptors (Lipinski definition) is 1. The molecule has 5 aromatic rings. The molecule has 0 aliphatic rings. The van der Waals surface area contributed by atoms with Crippen LogP contribution < -0.4 is 28.5 Å². The monoisotopic (exact) mass is 601 g/mol. The molecule has 0 aliphatic carbocycles. The van der Waals surface area contributed by atoms with Crippen molar-refractivity contribution in [3.63, 3.8) is 0 Å². The summed E-state index contributed by atoms with van der Waals surface area (Å²) in [5.74, 6) is 0. The number of aryl methyl sites for hydroxylation is 2. The Balaban J connectivity index is 0.00000245. The molecule has 0 atom stereocenters. The maximum atomic E-state index is 2.49. The Morgan fingerprint density at radius 3 is 2.47 bits per heavy atom. The molecule has 0 amide bonds. The third-order valence-electron chi connectivity index (χ3n) is 5.97. The van der Waals surface area contributed by atoms with E-state index >= 15 is 0 Å². The van der Waals surface area contributed by atoms with Crippen LogP contribution in [0.25, 0.3) is 43.7 Å². The van der Waals surface area contributed by atoms with Crippen molar-refractivity contribution >= 4 is 58.2 Å². The van der Waals surface area contributed by atoms with Gasteiger partial charge in [-0.15, -0.1) is 0 Å². The van der Waals surface area contributed by atoms with Crippen LogP contribution in [0.5, 0.6) is 0 Å². The van der Waals surface area contributed by atoms with E-state index in [2.05, 4.69) is 114 Å². The van der Waals surface area contributed by atoms with Gasteiger partial charge in [0.05, 0.1) is 0 Å². The quantitative estimate of drug-likeness (QED) is 0.165. The normalized spacial score (nSPS) is 11.9. The van der Waals surface area contributed by atoms with E-state index in [4.69, 9.17) is 0 Å². The van der Waals surface area contributed by atoms with Crippen molar-refractivity contribution in [1.29, 1.82) is 0 Å². The summed E-state index contributed by atoms with van der Waals surface area (Å²) in [4.78, 5) is 2.26. The van der Waals surface area contributed by atoms with Gasteiger partial charge in [-0.25, -0.2) is 0 Å². The third-order valence-corrected chi connectivity index (χ3v) is 8.46. The van der Waals surface area contributed by atoms with Crippen LogP contribution in [0.1, 0.15) is 16.6 Å². The van der Waals surface area contributed by atoms with Crippen molar-refractivity contribution < 1.29 is 28.5 Å². The number of benzene rings is 3. The van der Waals surface area contributed by atoms with Crippen LogP contribution in [-0.4, -0.2) is 44.6 Å². The number of rotatable bonds is 6. The number of nitrogens with zero attached hydrogens (tertiary/aromatic N) is 3. The SMILES string of the molecule is CN(C)CCCn1c2ccccc2c2cc(/C=C/c3[se]c4ccccc4[n+]3C)ccc21.[I-]. The van der Waals surface area contributed by atoms with Gasteiger partial charge < -0.3 is 24.0 Å². The Morgan fingerprint density at radius 1 is 0.906 bits per heavy atom. The molecule has 0 spiro atoms. The summed E-state index contributed by atoms with van der Waals surface area (Å²) >= 11 is 0.369. The number of fused-ring (bicyclic) bond motifs is 4. The fraction of sp³-hybridized carbons (Fsp3) is 0.222. The minimum atomic E-state index is 0. The summed E-state index contributed by atoms with van der Waals surface area (Å²) in [6, 6.07) is 24.5. The number of aromatic nitrogens is 2. The van der Waals surface area contributed by atoms with E-state index in [1.54, 1.807) is 0 Å². The third kappa shape index (κ3) is 4.44. The molecule has 0 unspecified atom stereocenters. The van der Waals surface area contributed by atoms with Crippen LogP contribution in [0.4, 0.5) is 0 Å². The Kier molecular flexibility index (Phi) is 7.20. The van der Waals surface area contributed by atoms with Crippen LogP contribution in [0.2, 0.25) is 0 Å². The molecule has 3 nitrogen and oxygen atoms in total. The molecule has 0 saturated carbocycles. The zero-order chi connectivity index (χ0) is 21.4. The molecule has 3 aromatic carbocycles. The number of para-hydroxylation sites is 2. The van der Waals surface area contributed by atoms with Crippen LogP contribution >= 0.6 is 0 Å². The predicted octanol–water partition coefficient (Wildman–Crippen LogP) is 1.96. The van der Waals surface area contributed by atoms with Crippen molar-refractivity contribution in [1.82, 2.24) is 9.47 Å². The molecule has 0 N–H and O–H groups in total. The fourth-order valence-corrected chi connectivity index (χ4v) is 6.60. The molecular formula is C27H28IN3Se. The van der Waals surface area contributed by atoms with Crippen molar-refractivity contribution in [3.05, 3.63) is 76.9 Å². The van der Waals surface area contributed by atoms with E-state index in [0.29, 0.717) is 14.5 Å². The van der Waals surface area contributed by atoms with Gasteiger partial charge in [-0.3, -0.25) is 0 Å². The first-order chi connectivity index (χ1) is 15.1. The van der Waals surface area contributed by atoms with Gasteiger partial charge in [0.15, 0.2) is 0 Å². The average Bonchev–Trinajstić information content (AvgIpc) is 3.27. The Morgan fingerprint density at radius 2 is 1.66 bits per heavy atom. The minimum absolute atomic E-state index is 0. The first-order valence-electron chi connectivity index (χ1n) is 10.8. The summed E-state index contributed by atoms with van der Waals surface area (Å²) in [6.07, 6.45) is 5.73. The predicted molar refractivity (Wildman–Crippen MR) is 134 cm³/mol. The van der Waals surface area contributed by atoms with Gasteiger partial charge in [-0.2, -0.15) is 0 Å². The second kappa shape index (κ2) is 9.92. The van der Waals surface area contributed by atoms with Gasteiger partial charge in [0.1, 0.15) is 0 Å². The molecule has 0 bridgehead atoms. The second-order valence-corrected chi connectivity index (χ2v) is 10.6. The largest absolute Gasteiger partial charge is 1.00 e. The molecule has 5 heteroatoms. The zero-order valence-corrected chi connectivity index (χ0v) is 22.6. The van der Waals surface area contributed by atoms with Gasteiger partial charge in [0.25, 0.3) is 0 Å². The van der Waals surface area contributed by atoms with E-state index < -0.39 is 0 Å². The second-order valence-electron chi connectivity index (χ2n) is 8.40. The Labute approximate surface area is 212 Å². The average molecular weight is 600 g/mol. The van der Waals surface area contributed by atoms with Crippen molar-refractivity contribution in [2.75, 3.05) is 20.6 Å². The van der Waals surface area contributed by atoms with Crippen molar-refractivity contribution in [2.45, 2.75) is 13.0 Å². The summed E-state index contributed by atoms with van der Waals surface area (Å²) in [6.45, 7) is 2.14. The van der Waals surface area contributed by atoms with Crippen LogP contribution in [0.3, 0.4) is 0 Å². The zero-order valence-electron chi connectivity index (χ0n) is 18.8. The smallest absolute Gasteiger partial charge is 1.00 e. The van der Waals surface area contributed by atoms with E-state index in [9.17, 15) is 0 Å². The van der Waals surface area contributed by atoms with Gasteiger partial charge in [-0.1, -0.05) is 0 Å². The molecule has 5 rings (SSSR count). The maximum absolute atomic E-state index is 2.49. The molecule has 0 fully saturated rings. The fourth-order valence-electron chi connectivity index (χ4n) is 4.39. The van der Waals surface area contributed by atoms with Gasteiger partial charge >= 0.3 is 176 Å². The van der Waals surface area contributed by atoms with E-state index in [1.165, 1.54) is 41.7 Å². The molecule has 2 aromatic heterocycles. The van der Waals surface area contributed by atoms with Gasteiger partial charge in [-0.05, 0) is 14.1 Å². The van der Waals surface area contributed by atoms with Crippen LogP contribution in [0.15, 0.2) is 66.7 Å². The maximum Gasteiger partial charge on any atom is -1.00 e. The summed E-state index contributed by atoms with van der Waals surface area (Å²) < 4.78 is 7.69. The van der Waals surface area contributed by atoms with Crippen LogP contribution in [0, 0.1) is 0 Å². The van der Waals surface area contributed by atoms with Crippen molar-refractivity contribution in [2.24, 2.45) is 7.05 Å².